The lowest BCUT2D eigenvalue weighted by Crippen LogP contribution is -2.29. The van der Waals surface area contributed by atoms with E-state index in [9.17, 15) is 9.59 Å². The minimum absolute atomic E-state index is 0.0676. The van der Waals surface area contributed by atoms with E-state index in [0.29, 0.717) is 10.6 Å². The molecule has 1 N–H and O–H groups in total. The number of carbonyl (C=O) groups is 2. The Kier molecular flexibility index (Phi) is 4.52. The van der Waals surface area contributed by atoms with Gasteiger partial charge in [-0.25, -0.2) is 0 Å². The van der Waals surface area contributed by atoms with Gasteiger partial charge in [-0.2, -0.15) is 0 Å². The van der Waals surface area contributed by atoms with Crippen LogP contribution in [0.15, 0.2) is 18.2 Å². The first-order valence-electron chi connectivity index (χ1n) is 5.15. The molecule has 1 aromatic carbocycles. The number of carboxylic acid groups (broad SMARTS) is 1. The largest absolute Gasteiger partial charge is 0.481 e. The van der Waals surface area contributed by atoms with E-state index in [-0.39, 0.29) is 18.9 Å². The molecule has 0 unspecified atom stereocenters. The number of carboxylic acids is 1. The van der Waals surface area contributed by atoms with Crippen LogP contribution in [0.25, 0.3) is 0 Å². The van der Waals surface area contributed by atoms with Gasteiger partial charge in [-0.05, 0) is 24.6 Å². The number of aryl methyl sites for hydroxylation is 1. The summed E-state index contributed by atoms with van der Waals surface area (Å²) in [5, 5.41) is 9.05. The highest BCUT2D eigenvalue weighted by Crippen LogP contribution is 2.16. The van der Waals surface area contributed by atoms with E-state index in [0.717, 1.165) is 5.56 Å². The number of rotatable bonds is 4. The van der Waals surface area contributed by atoms with E-state index in [1.165, 1.54) is 4.90 Å². The molecule has 5 heteroatoms. The lowest BCUT2D eigenvalue weighted by atomic mass is 10.1. The minimum Gasteiger partial charge on any atom is -0.481 e. The first-order chi connectivity index (χ1) is 7.91. The molecule has 0 atom stereocenters. The Morgan fingerprint density at radius 1 is 1.41 bits per heavy atom. The Balaban J connectivity index is 2.81. The van der Waals surface area contributed by atoms with Crippen LogP contribution >= 0.6 is 11.6 Å². The first-order valence-corrected chi connectivity index (χ1v) is 5.53. The molecular formula is C12H14ClNO3. The normalized spacial score (nSPS) is 10.1. The summed E-state index contributed by atoms with van der Waals surface area (Å²) in [5.74, 6) is -1.14. The van der Waals surface area contributed by atoms with Gasteiger partial charge in [0.25, 0.3) is 5.91 Å². The third-order valence-electron chi connectivity index (χ3n) is 2.44. The fraction of sp³-hybridized carbons (Fsp3) is 0.333. The van der Waals surface area contributed by atoms with Crippen LogP contribution in [0, 0.1) is 6.92 Å². The predicted molar refractivity (Wildman–Crippen MR) is 65.4 cm³/mol. The van der Waals surface area contributed by atoms with Gasteiger partial charge in [0.05, 0.1) is 6.42 Å². The second-order valence-electron chi connectivity index (χ2n) is 3.83. The maximum Gasteiger partial charge on any atom is 0.305 e. The first kappa shape index (κ1) is 13.5. The zero-order valence-electron chi connectivity index (χ0n) is 9.74. The molecule has 17 heavy (non-hydrogen) atoms. The van der Waals surface area contributed by atoms with Crippen molar-refractivity contribution in [3.05, 3.63) is 34.3 Å². The SMILES string of the molecule is Cc1ccc(Cl)cc1C(=O)N(C)CCC(=O)O. The van der Waals surface area contributed by atoms with E-state index in [1.54, 1.807) is 25.2 Å². The van der Waals surface area contributed by atoms with E-state index >= 15 is 0 Å². The van der Waals surface area contributed by atoms with Crippen molar-refractivity contribution in [2.24, 2.45) is 0 Å². The molecule has 0 fully saturated rings. The van der Waals surface area contributed by atoms with Gasteiger partial charge in [-0.1, -0.05) is 17.7 Å². The molecule has 0 aliphatic rings. The quantitative estimate of drug-likeness (QED) is 0.897. The summed E-state index contributed by atoms with van der Waals surface area (Å²) < 4.78 is 0. The standard InChI is InChI=1S/C12H14ClNO3/c1-8-3-4-9(13)7-10(8)12(17)14(2)6-5-11(15)16/h3-4,7H,5-6H2,1-2H3,(H,15,16). The molecule has 0 spiro atoms. The maximum atomic E-state index is 12.0. The van der Waals surface area contributed by atoms with Crippen molar-refractivity contribution in [2.75, 3.05) is 13.6 Å². The van der Waals surface area contributed by atoms with Crippen LogP contribution in [0.4, 0.5) is 0 Å². The second kappa shape index (κ2) is 5.68. The number of nitrogens with zero attached hydrogens (tertiary/aromatic N) is 1. The predicted octanol–water partition coefficient (Wildman–Crippen LogP) is 2.20. The molecule has 0 saturated heterocycles. The van der Waals surface area contributed by atoms with E-state index in [4.69, 9.17) is 16.7 Å². The Bertz CT molecular complexity index is 445. The van der Waals surface area contributed by atoms with Crippen LogP contribution in [0.1, 0.15) is 22.3 Å². The summed E-state index contributed by atoms with van der Waals surface area (Å²) in [6, 6.07) is 5.07. The smallest absolute Gasteiger partial charge is 0.305 e. The highest BCUT2D eigenvalue weighted by molar-refractivity contribution is 6.31. The number of amides is 1. The molecule has 92 valence electrons. The maximum absolute atomic E-state index is 12.0. The monoisotopic (exact) mass is 255 g/mol. The molecule has 0 heterocycles. The van der Waals surface area contributed by atoms with Gasteiger partial charge >= 0.3 is 5.97 Å². The number of hydrogen-bond acceptors (Lipinski definition) is 2. The molecule has 1 amide bonds. The summed E-state index contributed by atoms with van der Waals surface area (Å²) in [5.41, 5.74) is 1.33. The van der Waals surface area contributed by atoms with E-state index < -0.39 is 5.97 Å². The van der Waals surface area contributed by atoms with Crippen molar-refractivity contribution >= 4 is 23.5 Å². The van der Waals surface area contributed by atoms with Crippen LogP contribution in [0.3, 0.4) is 0 Å². The van der Waals surface area contributed by atoms with Gasteiger partial charge in [0.1, 0.15) is 0 Å². The molecule has 4 nitrogen and oxygen atoms in total. The lowest BCUT2D eigenvalue weighted by molar-refractivity contribution is -0.137. The second-order valence-corrected chi connectivity index (χ2v) is 4.27. The van der Waals surface area contributed by atoms with Crippen molar-refractivity contribution in [1.29, 1.82) is 0 Å². The summed E-state index contributed by atoms with van der Waals surface area (Å²) in [6.07, 6.45) is -0.0676. The summed E-state index contributed by atoms with van der Waals surface area (Å²) in [4.78, 5) is 23.8. The van der Waals surface area contributed by atoms with Crippen molar-refractivity contribution in [3.8, 4) is 0 Å². The zero-order valence-corrected chi connectivity index (χ0v) is 10.5. The van der Waals surface area contributed by atoms with Crippen molar-refractivity contribution < 1.29 is 14.7 Å². The Labute approximate surface area is 105 Å². The van der Waals surface area contributed by atoms with Crippen LogP contribution in [0.5, 0.6) is 0 Å². The molecular weight excluding hydrogens is 242 g/mol. The van der Waals surface area contributed by atoms with E-state index in [2.05, 4.69) is 0 Å². The van der Waals surface area contributed by atoms with Crippen LogP contribution < -0.4 is 0 Å². The van der Waals surface area contributed by atoms with Gasteiger partial charge in [0.15, 0.2) is 0 Å². The van der Waals surface area contributed by atoms with Crippen molar-refractivity contribution in [3.63, 3.8) is 0 Å². The van der Waals surface area contributed by atoms with Crippen LogP contribution in [-0.2, 0) is 4.79 Å². The molecule has 0 aromatic heterocycles. The molecule has 1 aromatic rings. The Morgan fingerprint density at radius 3 is 2.65 bits per heavy atom. The number of carbonyl (C=O) groups excluding carboxylic acids is 1. The minimum atomic E-state index is -0.924. The average molecular weight is 256 g/mol. The highest BCUT2D eigenvalue weighted by atomic mass is 35.5. The summed E-state index contributed by atoms with van der Waals surface area (Å²) in [7, 11) is 1.58. The highest BCUT2D eigenvalue weighted by Gasteiger charge is 2.15. The van der Waals surface area contributed by atoms with Crippen molar-refractivity contribution in [1.82, 2.24) is 4.90 Å². The fourth-order valence-electron chi connectivity index (χ4n) is 1.40. The van der Waals surface area contributed by atoms with Crippen LogP contribution in [-0.4, -0.2) is 35.5 Å². The number of halogens is 1. The van der Waals surface area contributed by atoms with Gasteiger partial charge in [0.2, 0.25) is 0 Å². The molecule has 0 bridgehead atoms. The van der Waals surface area contributed by atoms with Gasteiger partial charge in [0, 0.05) is 24.2 Å². The topological polar surface area (TPSA) is 57.6 Å². The fourth-order valence-corrected chi connectivity index (χ4v) is 1.57. The number of benzene rings is 1. The molecule has 0 aliphatic heterocycles. The number of aliphatic carboxylic acids is 1. The molecule has 0 saturated carbocycles. The van der Waals surface area contributed by atoms with E-state index in [1.807, 2.05) is 6.92 Å². The van der Waals surface area contributed by atoms with Gasteiger partial charge in [-0.15, -0.1) is 0 Å². The zero-order chi connectivity index (χ0) is 13.0. The average Bonchev–Trinajstić information content (AvgIpc) is 2.28. The Morgan fingerprint density at radius 2 is 2.06 bits per heavy atom. The van der Waals surface area contributed by atoms with Crippen molar-refractivity contribution in [2.45, 2.75) is 13.3 Å². The molecule has 0 radical (unpaired) electrons. The number of hydrogen-bond donors (Lipinski definition) is 1. The Hall–Kier alpha value is -1.55. The summed E-state index contributed by atoms with van der Waals surface area (Å²) >= 11 is 5.83. The lowest BCUT2D eigenvalue weighted by Gasteiger charge is -2.17. The third-order valence-corrected chi connectivity index (χ3v) is 2.67. The molecule has 1 rings (SSSR count). The van der Waals surface area contributed by atoms with Gasteiger partial charge < -0.3 is 10.0 Å². The van der Waals surface area contributed by atoms with Crippen LogP contribution in [0.2, 0.25) is 5.02 Å². The molecule has 0 aliphatic carbocycles. The van der Waals surface area contributed by atoms with Gasteiger partial charge in [-0.3, -0.25) is 9.59 Å². The third kappa shape index (κ3) is 3.75. The summed E-state index contributed by atoms with van der Waals surface area (Å²) in [6.45, 7) is 1.99.